The number of rotatable bonds is 10. The molecule has 3 rings (SSSR count). The van der Waals surface area contributed by atoms with Crippen molar-refractivity contribution in [1.29, 1.82) is 0 Å². The number of aliphatic imine (C=N–C) groups is 1. The third-order valence-electron chi connectivity index (χ3n) is 5.75. The van der Waals surface area contributed by atoms with Gasteiger partial charge in [-0.25, -0.2) is 0 Å². The first-order chi connectivity index (χ1) is 15.2. The van der Waals surface area contributed by atoms with E-state index in [9.17, 15) is 0 Å². The third kappa shape index (κ3) is 5.54. The van der Waals surface area contributed by atoms with E-state index in [0.717, 1.165) is 29.9 Å². The number of hydrogen-bond acceptors (Lipinski definition) is 3. The molecule has 0 N–H and O–H groups in total. The highest BCUT2D eigenvalue weighted by Gasteiger charge is 2.33. The maximum absolute atomic E-state index is 6.37. The number of hydrogen-bond donors (Lipinski definition) is 0. The molecular formula is C27H32NO2P. The summed E-state index contributed by atoms with van der Waals surface area (Å²) in [5, 5.41) is 1.28. The minimum atomic E-state index is -0.0434. The second-order valence-electron chi connectivity index (χ2n) is 7.53. The summed E-state index contributed by atoms with van der Waals surface area (Å²) in [5.74, 6) is 1.80. The highest BCUT2D eigenvalue weighted by Crippen LogP contribution is 2.51. The summed E-state index contributed by atoms with van der Waals surface area (Å²) in [4.78, 5) is 4.26. The summed E-state index contributed by atoms with van der Waals surface area (Å²) >= 11 is 0. The van der Waals surface area contributed by atoms with Crippen molar-refractivity contribution in [1.82, 2.24) is 0 Å². The van der Waals surface area contributed by atoms with Gasteiger partial charge in [0.25, 0.3) is 0 Å². The molecule has 0 radical (unpaired) electrons. The van der Waals surface area contributed by atoms with E-state index in [-0.39, 0.29) is 5.16 Å². The van der Waals surface area contributed by atoms with Crippen LogP contribution in [0.1, 0.15) is 43.4 Å². The topological polar surface area (TPSA) is 30.8 Å². The zero-order chi connectivity index (χ0) is 22.1. The summed E-state index contributed by atoms with van der Waals surface area (Å²) < 4.78 is 12.0. The molecule has 3 aromatic carbocycles. The summed E-state index contributed by atoms with van der Waals surface area (Å²) in [6.07, 6.45) is 3.97. The van der Waals surface area contributed by atoms with E-state index < -0.39 is 0 Å². The van der Waals surface area contributed by atoms with Crippen molar-refractivity contribution < 1.29 is 9.47 Å². The van der Waals surface area contributed by atoms with Crippen LogP contribution < -0.4 is 14.8 Å². The third-order valence-corrected chi connectivity index (χ3v) is 7.93. The zero-order valence-corrected chi connectivity index (χ0v) is 19.9. The molecule has 0 aliphatic rings. The van der Waals surface area contributed by atoms with Crippen molar-refractivity contribution in [2.75, 3.05) is 14.2 Å². The smallest absolute Gasteiger partial charge is 0.124 e. The Bertz CT molecular complexity index is 997. The SMILES string of the molecule is CCC(CC)(Pc1ccccc1/C=N/C)c1cc(OC)ccc1OCc1ccccc1. The summed E-state index contributed by atoms with van der Waals surface area (Å²) in [6, 6.07) is 25.1. The van der Waals surface area contributed by atoms with Gasteiger partial charge >= 0.3 is 0 Å². The minimum absolute atomic E-state index is 0.0434. The van der Waals surface area contributed by atoms with E-state index in [4.69, 9.17) is 9.47 Å². The molecule has 0 aliphatic heterocycles. The van der Waals surface area contributed by atoms with Gasteiger partial charge in [-0.15, -0.1) is 0 Å². The molecule has 4 heteroatoms. The molecule has 0 aliphatic carbocycles. The predicted octanol–water partition coefficient (Wildman–Crippen LogP) is 6.34. The van der Waals surface area contributed by atoms with Gasteiger partial charge in [-0.05, 0) is 47.5 Å². The molecule has 3 aromatic rings. The lowest BCUT2D eigenvalue weighted by Gasteiger charge is -2.35. The summed E-state index contributed by atoms with van der Waals surface area (Å²) in [5.41, 5.74) is 3.56. The summed E-state index contributed by atoms with van der Waals surface area (Å²) in [6.45, 7) is 5.09. The van der Waals surface area contributed by atoms with Crippen LogP contribution >= 0.6 is 8.58 Å². The van der Waals surface area contributed by atoms with Crippen LogP contribution in [0.5, 0.6) is 11.5 Å². The summed E-state index contributed by atoms with van der Waals surface area (Å²) in [7, 11) is 4.13. The Hall–Kier alpha value is -2.64. The Labute approximate surface area is 188 Å². The Balaban J connectivity index is 2.02. The van der Waals surface area contributed by atoms with Crippen LogP contribution in [-0.2, 0) is 11.8 Å². The fourth-order valence-corrected chi connectivity index (χ4v) is 5.54. The molecule has 0 bridgehead atoms. The van der Waals surface area contributed by atoms with E-state index in [1.807, 2.05) is 37.5 Å². The standard InChI is InChI=1S/C27H32NO2P/c1-5-27(6-2,31-26-15-11-10-14-22(26)19-28-3)24-18-23(29-4)16-17-25(24)30-20-21-12-8-7-9-13-21/h7-19,31H,5-6,20H2,1-4H3/b28-19+. The average Bonchev–Trinajstić information content (AvgIpc) is 2.83. The molecule has 31 heavy (non-hydrogen) atoms. The van der Waals surface area contributed by atoms with E-state index in [2.05, 4.69) is 67.4 Å². The van der Waals surface area contributed by atoms with Gasteiger partial charge in [0.05, 0.1) is 7.11 Å². The first-order valence-corrected chi connectivity index (χ1v) is 11.8. The number of methoxy groups -OCH3 is 1. The van der Waals surface area contributed by atoms with Gasteiger partial charge < -0.3 is 9.47 Å². The van der Waals surface area contributed by atoms with Crippen molar-refractivity contribution in [3.63, 3.8) is 0 Å². The molecule has 0 saturated heterocycles. The van der Waals surface area contributed by atoms with Crippen LogP contribution in [0.3, 0.4) is 0 Å². The maximum Gasteiger partial charge on any atom is 0.124 e. The largest absolute Gasteiger partial charge is 0.497 e. The Morgan fingerprint density at radius 3 is 2.32 bits per heavy atom. The number of ether oxygens (including phenoxy) is 2. The van der Waals surface area contributed by atoms with Crippen molar-refractivity contribution in [2.45, 2.75) is 38.5 Å². The zero-order valence-electron chi connectivity index (χ0n) is 18.9. The van der Waals surface area contributed by atoms with Crippen molar-refractivity contribution in [2.24, 2.45) is 4.99 Å². The van der Waals surface area contributed by atoms with Crippen molar-refractivity contribution in [3.05, 3.63) is 89.5 Å². The lowest BCUT2D eigenvalue weighted by Crippen LogP contribution is -2.24. The number of benzene rings is 3. The molecule has 1 atom stereocenters. The van der Waals surface area contributed by atoms with Gasteiger partial charge in [0.15, 0.2) is 0 Å². The van der Waals surface area contributed by atoms with Crippen LogP contribution in [0.2, 0.25) is 0 Å². The molecule has 0 fully saturated rings. The first kappa shape index (κ1) is 23.0. The molecule has 0 spiro atoms. The van der Waals surface area contributed by atoms with Crippen LogP contribution in [0.25, 0.3) is 0 Å². The Morgan fingerprint density at radius 2 is 1.65 bits per heavy atom. The average molecular weight is 434 g/mol. The molecular weight excluding hydrogens is 401 g/mol. The van der Waals surface area contributed by atoms with Crippen LogP contribution in [0.15, 0.2) is 77.8 Å². The van der Waals surface area contributed by atoms with E-state index >= 15 is 0 Å². The quantitative estimate of drug-likeness (QED) is 0.276. The predicted molar refractivity (Wildman–Crippen MR) is 134 cm³/mol. The highest BCUT2D eigenvalue weighted by molar-refractivity contribution is 7.48. The monoisotopic (exact) mass is 433 g/mol. The van der Waals surface area contributed by atoms with Crippen LogP contribution in [0.4, 0.5) is 0 Å². The highest BCUT2D eigenvalue weighted by atomic mass is 31.1. The van der Waals surface area contributed by atoms with Crippen molar-refractivity contribution >= 4 is 20.1 Å². The molecule has 0 heterocycles. The first-order valence-electron chi connectivity index (χ1n) is 10.8. The molecule has 3 nitrogen and oxygen atoms in total. The lowest BCUT2D eigenvalue weighted by atomic mass is 9.91. The van der Waals surface area contributed by atoms with Gasteiger partial charge in [-0.2, -0.15) is 0 Å². The van der Waals surface area contributed by atoms with E-state index in [1.54, 1.807) is 7.11 Å². The van der Waals surface area contributed by atoms with Crippen LogP contribution in [0, 0.1) is 0 Å². The van der Waals surface area contributed by atoms with Crippen LogP contribution in [-0.4, -0.2) is 20.4 Å². The van der Waals surface area contributed by atoms with E-state index in [1.165, 1.54) is 16.4 Å². The second-order valence-corrected chi connectivity index (χ2v) is 9.27. The molecule has 0 amide bonds. The maximum atomic E-state index is 6.37. The molecule has 0 saturated carbocycles. The normalized spacial score (nSPS) is 12.0. The number of nitrogens with zero attached hydrogens (tertiary/aromatic N) is 1. The van der Waals surface area contributed by atoms with Gasteiger partial charge in [-0.3, -0.25) is 4.99 Å². The Morgan fingerprint density at radius 1 is 0.935 bits per heavy atom. The van der Waals surface area contributed by atoms with E-state index in [0.29, 0.717) is 15.2 Å². The fraction of sp³-hybridized carbons (Fsp3) is 0.296. The molecule has 0 aromatic heterocycles. The van der Waals surface area contributed by atoms with Gasteiger partial charge in [0.2, 0.25) is 0 Å². The second kappa shape index (κ2) is 11.1. The molecule has 162 valence electrons. The van der Waals surface area contributed by atoms with Gasteiger partial charge in [0.1, 0.15) is 18.1 Å². The van der Waals surface area contributed by atoms with Gasteiger partial charge in [0, 0.05) is 24.0 Å². The lowest BCUT2D eigenvalue weighted by molar-refractivity contribution is 0.297. The van der Waals surface area contributed by atoms with Gasteiger partial charge in [-0.1, -0.05) is 77.0 Å². The Kier molecular flexibility index (Phi) is 8.26. The fourth-order valence-electron chi connectivity index (χ4n) is 3.87. The minimum Gasteiger partial charge on any atom is -0.497 e. The van der Waals surface area contributed by atoms with Crippen molar-refractivity contribution in [3.8, 4) is 11.5 Å². The molecule has 1 unspecified atom stereocenters.